The summed E-state index contributed by atoms with van der Waals surface area (Å²) >= 11 is 0. The van der Waals surface area contributed by atoms with Gasteiger partial charge in [-0.3, -0.25) is 14.3 Å². The first kappa shape index (κ1) is 26.4. The Hall–Kier alpha value is -3.24. The molecular weight excluding hydrogens is 448 g/mol. The predicted molar refractivity (Wildman–Crippen MR) is 134 cm³/mol. The summed E-state index contributed by atoms with van der Waals surface area (Å²) in [7, 11) is 0. The van der Waals surface area contributed by atoms with Crippen molar-refractivity contribution in [3.05, 3.63) is 35.5 Å². The number of carbonyl (C=O) groups excluding carboxylic acids is 2. The van der Waals surface area contributed by atoms with Crippen molar-refractivity contribution >= 4 is 23.7 Å². The number of aryl methyl sites for hydroxylation is 1. The van der Waals surface area contributed by atoms with Crippen molar-refractivity contribution in [1.82, 2.24) is 20.0 Å². The van der Waals surface area contributed by atoms with Crippen molar-refractivity contribution in [2.45, 2.75) is 58.8 Å². The Morgan fingerprint density at radius 3 is 2.63 bits per heavy atom. The third kappa shape index (κ3) is 5.23. The van der Waals surface area contributed by atoms with Crippen LogP contribution in [0.2, 0.25) is 0 Å². The van der Waals surface area contributed by atoms with Gasteiger partial charge in [0.25, 0.3) is 0 Å². The van der Waals surface area contributed by atoms with Gasteiger partial charge in [0, 0.05) is 49.0 Å². The molecule has 1 fully saturated rings. The summed E-state index contributed by atoms with van der Waals surface area (Å²) in [6, 6.07) is 3.67. The van der Waals surface area contributed by atoms with Crippen LogP contribution in [-0.2, 0) is 16.1 Å². The van der Waals surface area contributed by atoms with Gasteiger partial charge in [-0.05, 0) is 24.5 Å². The van der Waals surface area contributed by atoms with Crippen molar-refractivity contribution in [2.24, 2.45) is 11.8 Å². The number of carbonyl (C=O) groups is 2. The highest BCUT2D eigenvalue weighted by Gasteiger charge is 2.41. The van der Waals surface area contributed by atoms with E-state index in [2.05, 4.69) is 10.4 Å². The summed E-state index contributed by atoms with van der Waals surface area (Å²) in [5.74, 6) is -0.849. The zero-order valence-electron chi connectivity index (χ0n) is 20.7. The normalized spacial score (nSPS) is 19.6. The second-order valence-corrected chi connectivity index (χ2v) is 9.38. The fraction of sp³-hybridized carbons (Fsp3) is 0.520. The summed E-state index contributed by atoms with van der Waals surface area (Å²) in [4.78, 5) is 27.6. The average molecular weight is 485 g/mol. The SMILES string of the molecule is CCn1nccc1-c1ccc(C(CO)NC(=O)C2CC(O)CN2C(=O)C(C)C(C)C)c(C=N)c1N. The lowest BCUT2D eigenvalue weighted by molar-refractivity contribution is -0.142. The van der Waals surface area contributed by atoms with E-state index in [-0.39, 0.29) is 30.7 Å². The second kappa shape index (κ2) is 11.0. The molecule has 2 heterocycles. The molecule has 35 heavy (non-hydrogen) atoms. The van der Waals surface area contributed by atoms with E-state index in [9.17, 15) is 19.8 Å². The molecule has 1 aromatic carbocycles. The number of likely N-dealkylation sites (tertiary alicyclic amines) is 1. The van der Waals surface area contributed by atoms with Crippen LogP contribution >= 0.6 is 0 Å². The van der Waals surface area contributed by atoms with E-state index in [4.69, 9.17) is 11.1 Å². The molecule has 0 radical (unpaired) electrons. The number of nitrogens with one attached hydrogen (secondary N) is 2. The van der Waals surface area contributed by atoms with Crippen LogP contribution in [0.5, 0.6) is 0 Å². The molecule has 2 aromatic rings. The van der Waals surface area contributed by atoms with E-state index < -0.39 is 30.7 Å². The van der Waals surface area contributed by atoms with Gasteiger partial charge in [-0.1, -0.05) is 32.9 Å². The number of hydrogen-bond acceptors (Lipinski definition) is 7. The van der Waals surface area contributed by atoms with Crippen LogP contribution in [0.4, 0.5) is 5.69 Å². The number of nitrogens with zero attached hydrogens (tertiary/aromatic N) is 3. The number of aliphatic hydroxyl groups is 2. The summed E-state index contributed by atoms with van der Waals surface area (Å²) in [6.07, 6.45) is 2.11. The number of aromatic nitrogens is 2. The highest BCUT2D eigenvalue weighted by molar-refractivity contribution is 5.94. The van der Waals surface area contributed by atoms with Gasteiger partial charge in [0.2, 0.25) is 11.8 Å². The Balaban J connectivity index is 1.88. The molecule has 0 spiro atoms. The van der Waals surface area contributed by atoms with Crippen LogP contribution in [-0.4, -0.2) is 68.2 Å². The minimum Gasteiger partial charge on any atom is -0.398 e. The Bertz CT molecular complexity index is 1080. The third-order valence-electron chi connectivity index (χ3n) is 6.89. The van der Waals surface area contributed by atoms with Crippen LogP contribution in [0.1, 0.15) is 51.3 Å². The average Bonchev–Trinajstić information content (AvgIpc) is 3.47. The van der Waals surface area contributed by atoms with E-state index in [1.165, 1.54) is 4.90 Å². The molecule has 1 aliphatic heterocycles. The summed E-state index contributed by atoms with van der Waals surface area (Å²) < 4.78 is 1.79. The number of anilines is 1. The first-order valence-corrected chi connectivity index (χ1v) is 12.0. The fourth-order valence-electron chi connectivity index (χ4n) is 4.50. The molecule has 10 heteroatoms. The Kier molecular flexibility index (Phi) is 8.29. The number of amides is 2. The molecule has 1 aromatic heterocycles. The van der Waals surface area contributed by atoms with E-state index in [0.29, 0.717) is 28.9 Å². The number of rotatable bonds is 9. The Morgan fingerprint density at radius 1 is 1.31 bits per heavy atom. The van der Waals surface area contributed by atoms with Crippen molar-refractivity contribution in [2.75, 3.05) is 18.9 Å². The van der Waals surface area contributed by atoms with Crippen LogP contribution in [0.15, 0.2) is 24.4 Å². The number of aliphatic hydroxyl groups excluding tert-OH is 2. The standard InChI is InChI=1S/C25H36N6O4/c1-5-31-21(8-9-28-31)18-7-6-17(19(11-26)23(18)27)20(13-32)29-24(34)22-10-16(33)12-30(22)25(35)15(4)14(2)3/h6-9,11,14-16,20,22,26,32-33H,5,10,12-13,27H2,1-4H3,(H,29,34). The molecule has 4 unspecified atom stereocenters. The molecule has 0 saturated carbocycles. The molecule has 1 aliphatic rings. The lowest BCUT2D eigenvalue weighted by atomic mass is 9.94. The van der Waals surface area contributed by atoms with Gasteiger partial charge < -0.3 is 31.6 Å². The van der Waals surface area contributed by atoms with Gasteiger partial charge in [0.15, 0.2) is 0 Å². The molecule has 6 N–H and O–H groups in total. The van der Waals surface area contributed by atoms with E-state index in [1.54, 1.807) is 23.0 Å². The van der Waals surface area contributed by atoms with Gasteiger partial charge in [-0.25, -0.2) is 0 Å². The zero-order valence-corrected chi connectivity index (χ0v) is 20.7. The molecule has 3 rings (SSSR count). The molecule has 4 atom stereocenters. The maximum absolute atomic E-state index is 13.2. The lowest BCUT2D eigenvalue weighted by Crippen LogP contribution is -2.49. The quantitative estimate of drug-likeness (QED) is 0.268. The van der Waals surface area contributed by atoms with E-state index in [1.807, 2.05) is 33.8 Å². The van der Waals surface area contributed by atoms with E-state index in [0.717, 1.165) is 11.9 Å². The topological polar surface area (TPSA) is 158 Å². The Morgan fingerprint density at radius 2 is 2.03 bits per heavy atom. The molecule has 2 amide bonds. The van der Waals surface area contributed by atoms with Crippen molar-refractivity contribution < 1.29 is 19.8 Å². The minimum atomic E-state index is -0.844. The molecule has 1 saturated heterocycles. The fourth-order valence-corrected chi connectivity index (χ4v) is 4.50. The summed E-state index contributed by atoms with van der Waals surface area (Å²) in [5, 5.41) is 35.4. The summed E-state index contributed by atoms with van der Waals surface area (Å²) in [5.41, 5.74) is 9.16. The molecule has 0 aliphatic carbocycles. The maximum Gasteiger partial charge on any atom is 0.243 e. The van der Waals surface area contributed by atoms with Gasteiger partial charge in [0.1, 0.15) is 6.04 Å². The Labute approximate surface area is 205 Å². The zero-order chi connectivity index (χ0) is 25.9. The van der Waals surface area contributed by atoms with Gasteiger partial charge in [0.05, 0.1) is 30.1 Å². The first-order valence-electron chi connectivity index (χ1n) is 12.0. The molecular formula is C25H36N6O4. The second-order valence-electron chi connectivity index (χ2n) is 9.38. The van der Waals surface area contributed by atoms with Gasteiger partial charge in [-0.2, -0.15) is 5.10 Å². The number of benzene rings is 1. The smallest absolute Gasteiger partial charge is 0.243 e. The largest absolute Gasteiger partial charge is 0.398 e. The monoisotopic (exact) mass is 484 g/mol. The predicted octanol–water partition coefficient (Wildman–Crippen LogP) is 1.55. The number of hydrogen-bond donors (Lipinski definition) is 5. The van der Waals surface area contributed by atoms with Crippen LogP contribution in [0.25, 0.3) is 11.3 Å². The number of β-amino-alcohol motifs (C(OH)–C–C–N with tert-alkyl or cyclic N) is 1. The number of nitrogens with two attached hydrogens (primary N) is 1. The van der Waals surface area contributed by atoms with Crippen LogP contribution in [0, 0.1) is 17.2 Å². The van der Waals surface area contributed by atoms with Crippen molar-refractivity contribution in [3.63, 3.8) is 0 Å². The number of nitrogen functional groups attached to an aromatic ring is 1. The highest BCUT2D eigenvalue weighted by Crippen LogP contribution is 2.33. The molecule has 190 valence electrons. The molecule has 10 nitrogen and oxygen atoms in total. The lowest BCUT2D eigenvalue weighted by Gasteiger charge is -2.29. The maximum atomic E-state index is 13.2. The first-order chi connectivity index (χ1) is 16.6. The third-order valence-corrected chi connectivity index (χ3v) is 6.89. The van der Waals surface area contributed by atoms with Crippen LogP contribution < -0.4 is 11.1 Å². The van der Waals surface area contributed by atoms with Gasteiger partial charge >= 0.3 is 0 Å². The van der Waals surface area contributed by atoms with Crippen molar-refractivity contribution in [3.8, 4) is 11.3 Å². The van der Waals surface area contributed by atoms with Crippen LogP contribution in [0.3, 0.4) is 0 Å². The highest BCUT2D eigenvalue weighted by atomic mass is 16.3. The molecule has 0 bridgehead atoms. The van der Waals surface area contributed by atoms with Gasteiger partial charge in [-0.15, -0.1) is 0 Å². The van der Waals surface area contributed by atoms with E-state index >= 15 is 0 Å². The summed E-state index contributed by atoms with van der Waals surface area (Å²) in [6.45, 7) is 7.97. The van der Waals surface area contributed by atoms with Crippen molar-refractivity contribution in [1.29, 1.82) is 5.41 Å². The minimum absolute atomic E-state index is 0.0924.